The molecule has 1 N–H and O–H groups in total. The van der Waals surface area contributed by atoms with Gasteiger partial charge in [0.2, 0.25) is 0 Å². The van der Waals surface area contributed by atoms with Gasteiger partial charge in [-0.15, -0.1) is 0 Å². The van der Waals surface area contributed by atoms with Gasteiger partial charge in [-0.05, 0) is 12.8 Å². The second-order valence-electron chi connectivity index (χ2n) is 8.30. The minimum absolute atomic E-state index is 0. The SMILES string of the molecule is CCCCCCCCCC(C(=O)[O-])C(CCCCCCCCC)(C(=O)[O-])S(=O)(=O)O.[K+].[K+]. The normalized spacial score (nSPS) is 14.0. The molecule has 0 amide bonds. The summed E-state index contributed by atoms with van der Waals surface area (Å²) in [5, 5.41) is 23.6. The summed E-state index contributed by atoms with van der Waals surface area (Å²) >= 11 is 0. The van der Waals surface area contributed by atoms with Crippen molar-refractivity contribution in [3.8, 4) is 0 Å². The van der Waals surface area contributed by atoms with Crippen molar-refractivity contribution < 1.29 is 136 Å². The summed E-state index contributed by atoms with van der Waals surface area (Å²) < 4.78 is 31.1. The summed E-state index contributed by atoms with van der Waals surface area (Å²) in [4.78, 5) is 23.6. The Morgan fingerprint density at radius 1 is 0.750 bits per heavy atom. The molecule has 0 aliphatic carbocycles. The van der Waals surface area contributed by atoms with Crippen LogP contribution < -0.4 is 113 Å². The third-order valence-corrected chi connectivity index (χ3v) is 7.48. The van der Waals surface area contributed by atoms with E-state index in [1.165, 1.54) is 0 Å². The molecule has 7 nitrogen and oxygen atoms in total. The van der Waals surface area contributed by atoms with E-state index in [-0.39, 0.29) is 116 Å². The topological polar surface area (TPSA) is 135 Å². The number of aliphatic carboxylic acids is 2. The first-order valence-corrected chi connectivity index (χ1v) is 13.0. The largest absolute Gasteiger partial charge is 1.00 e. The van der Waals surface area contributed by atoms with Gasteiger partial charge in [-0.3, -0.25) is 4.55 Å². The molecule has 178 valence electrons. The van der Waals surface area contributed by atoms with E-state index in [0.717, 1.165) is 64.2 Å². The molecular weight excluding hydrogens is 486 g/mol. The van der Waals surface area contributed by atoms with Gasteiger partial charge in [0, 0.05) is 11.9 Å². The summed E-state index contributed by atoms with van der Waals surface area (Å²) in [7, 11) is -5.21. The molecule has 0 aromatic carbocycles. The van der Waals surface area contributed by atoms with Crippen LogP contribution in [0.4, 0.5) is 0 Å². The minimum atomic E-state index is -5.21. The zero-order chi connectivity index (χ0) is 23.0. The van der Waals surface area contributed by atoms with E-state index in [4.69, 9.17) is 0 Å². The van der Waals surface area contributed by atoms with Crippen molar-refractivity contribution in [3.05, 3.63) is 0 Å². The van der Waals surface area contributed by atoms with E-state index < -0.39 is 39.1 Å². The zero-order valence-corrected chi connectivity index (χ0v) is 27.8. The van der Waals surface area contributed by atoms with Gasteiger partial charge in [-0.2, -0.15) is 8.42 Å². The van der Waals surface area contributed by atoms with E-state index in [1.54, 1.807) is 0 Å². The number of carbonyl (C=O) groups excluding carboxylic acids is 2. The Labute approximate surface area is 280 Å². The smallest absolute Gasteiger partial charge is 0.550 e. The Bertz CT molecular complexity index is 599. The van der Waals surface area contributed by atoms with Gasteiger partial charge >= 0.3 is 103 Å². The van der Waals surface area contributed by atoms with Gasteiger partial charge in [-0.25, -0.2) is 0 Å². The molecule has 0 bridgehead atoms. The molecule has 2 unspecified atom stereocenters. The summed E-state index contributed by atoms with van der Waals surface area (Å²) in [5.41, 5.74) is 0. The fraction of sp³-hybridized carbons (Fsp3) is 0.909. The Hall–Kier alpha value is 2.12. The van der Waals surface area contributed by atoms with E-state index in [0.29, 0.717) is 19.3 Å². The summed E-state index contributed by atoms with van der Waals surface area (Å²) in [6, 6.07) is 0. The number of carboxylic acids is 2. The Balaban J connectivity index is -0.00000420. The van der Waals surface area contributed by atoms with Crippen molar-refractivity contribution in [2.45, 2.75) is 121 Å². The Morgan fingerprint density at radius 3 is 1.47 bits per heavy atom. The van der Waals surface area contributed by atoms with Crippen molar-refractivity contribution in [3.63, 3.8) is 0 Å². The molecule has 0 fully saturated rings. The summed E-state index contributed by atoms with van der Waals surface area (Å²) in [6.45, 7) is 4.19. The molecule has 0 radical (unpaired) electrons. The van der Waals surface area contributed by atoms with Crippen molar-refractivity contribution in [1.82, 2.24) is 0 Å². The number of hydrogen-bond donors (Lipinski definition) is 1. The van der Waals surface area contributed by atoms with Gasteiger partial charge in [0.05, 0.1) is 5.97 Å². The van der Waals surface area contributed by atoms with Crippen LogP contribution in [0.1, 0.15) is 117 Å². The standard InChI is InChI=1S/C22H42O7S.2K/c1-3-5-7-9-11-13-15-17-19(20(23)24)22(21(25)26,30(27,28)29)18-16-14-12-10-8-6-4-2;;/h19H,3-18H2,1-2H3,(H,23,24)(H,25,26)(H,27,28,29);;/q;2*+1/p-2. The van der Waals surface area contributed by atoms with Gasteiger partial charge in [0.15, 0.2) is 0 Å². The maximum absolute atomic E-state index is 12.1. The third-order valence-electron chi connectivity index (χ3n) is 5.90. The summed E-state index contributed by atoms with van der Waals surface area (Å²) in [6.07, 6.45) is 11.2. The van der Waals surface area contributed by atoms with Crippen LogP contribution in [0.2, 0.25) is 0 Å². The number of carboxylic acid groups (broad SMARTS) is 2. The van der Waals surface area contributed by atoms with Gasteiger partial charge in [0.25, 0.3) is 10.1 Å². The molecule has 2 atom stereocenters. The predicted octanol–water partition coefficient (Wildman–Crippen LogP) is -2.98. The second-order valence-corrected chi connectivity index (χ2v) is 9.98. The fourth-order valence-corrected chi connectivity index (χ4v) is 5.21. The molecular formula is C22H40K2O7S. The van der Waals surface area contributed by atoms with Crippen LogP contribution in [-0.2, 0) is 19.7 Å². The van der Waals surface area contributed by atoms with Crippen LogP contribution in [0.15, 0.2) is 0 Å². The predicted molar refractivity (Wildman–Crippen MR) is 113 cm³/mol. The van der Waals surface area contributed by atoms with Crippen LogP contribution in [0, 0.1) is 5.92 Å². The number of rotatable bonds is 20. The first-order chi connectivity index (χ1) is 14.1. The minimum Gasteiger partial charge on any atom is -0.550 e. The molecule has 10 heteroatoms. The molecule has 0 rings (SSSR count). The van der Waals surface area contributed by atoms with Crippen LogP contribution in [0.25, 0.3) is 0 Å². The first kappa shape index (κ1) is 38.6. The maximum Gasteiger partial charge on any atom is 1.00 e. The Kier molecular flexibility index (Phi) is 27.0. The molecule has 0 saturated heterocycles. The van der Waals surface area contributed by atoms with Crippen molar-refractivity contribution in [2.75, 3.05) is 0 Å². The first-order valence-electron chi connectivity index (χ1n) is 11.5. The second kappa shape index (κ2) is 22.3. The van der Waals surface area contributed by atoms with Gasteiger partial charge in [0.1, 0.15) is 4.75 Å². The molecule has 0 aromatic heterocycles. The van der Waals surface area contributed by atoms with Crippen molar-refractivity contribution >= 4 is 22.1 Å². The molecule has 32 heavy (non-hydrogen) atoms. The van der Waals surface area contributed by atoms with Gasteiger partial charge < -0.3 is 19.8 Å². The fourth-order valence-electron chi connectivity index (χ4n) is 4.02. The van der Waals surface area contributed by atoms with E-state index in [9.17, 15) is 32.8 Å². The monoisotopic (exact) mass is 526 g/mol. The van der Waals surface area contributed by atoms with Crippen LogP contribution >= 0.6 is 0 Å². The molecule has 0 spiro atoms. The van der Waals surface area contributed by atoms with Crippen molar-refractivity contribution in [2.24, 2.45) is 5.92 Å². The maximum atomic E-state index is 12.1. The van der Waals surface area contributed by atoms with E-state index in [1.807, 2.05) is 0 Å². The van der Waals surface area contributed by atoms with Crippen molar-refractivity contribution in [1.29, 1.82) is 0 Å². The van der Waals surface area contributed by atoms with Crippen LogP contribution in [0.5, 0.6) is 0 Å². The quantitative estimate of drug-likeness (QED) is 0.102. The molecule has 0 aromatic rings. The molecule has 0 heterocycles. The van der Waals surface area contributed by atoms with E-state index >= 15 is 0 Å². The molecule has 0 aliphatic heterocycles. The van der Waals surface area contributed by atoms with Crippen LogP contribution in [0.3, 0.4) is 0 Å². The zero-order valence-electron chi connectivity index (χ0n) is 20.7. The van der Waals surface area contributed by atoms with Crippen LogP contribution in [-0.4, -0.2) is 29.7 Å². The molecule has 0 aliphatic rings. The van der Waals surface area contributed by atoms with Gasteiger partial charge in [-0.1, -0.05) is 104 Å². The average Bonchev–Trinajstić information content (AvgIpc) is 2.65. The third kappa shape index (κ3) is 14.6. The Morgan fingerprint density at radius 2 is 1.12 bits per heavy atom. The number of hydrogen-bond acceptors (Lipinski definition) is 6. The number of unbranched alkanes of at least 4 members (excludes halogenated alkanes) is 12. The summed E-state index contributed by atoms with van der Waals surface area (Å²) in [5.74, 6) is -5.67. The molecule has 0 saturated carbocycles. The van der Waals surface area contributed by atoms with E-state index in [2.05, 4.69) is 13.8 Å². The average molecular weight is 527 g/mol. The number of carbonyl (C=O) groups is 2.